The van der Waals surface area contributed by atoms with Gasteiger partial charge in [0, 0.05) is 9.35 Å². The summed E-state index contributed by atoms with van der Waals surface area (Å²) in [4.78, 5) is 0.918. The van der Waals surface area contributed by atoms with E-state index in [9.17, 15) is 5.11 Å². The Morgan fingerprint density at radius 3 is 2.50 bits per heavy atom. The van der Waals surface area contributed by atoms with E-state index in [1.54, 1.807) is 0 Å². The molecule has 0 bridgehead atoms. The summed E-state index contributed by atoms with van der Waals surface area (Å²) in [6, 6.07) is 1.87. The molecule has 12 heavy (non-hydrogen) atoms. The van der Waals surface area contributed by atoms with Gasteiger partial charge in [-0.3, -0.25) is 0 Å². The maximum Gasteiger partial charge on any atom is 0.107 e. The highest BCUT2D eigenvalue weighted by Crippen LogP contribution is 2.37. The SMILES string of the molecule is CC(C)C(O)c1cc(Br)c(Cl)s1. The Bertz CT molecular complexity index is 253. The van der Waals surface area contributed by atoms with Crippen molar-refractivity contribution in [2.45, 2.75) is 20.0 Å². The molecule has 0 saturated heterocycles. The van der Waals surface area contributed by atoms with Crippen LogP contribution in [-0.2, 0) is 0 Å². The number of aliphatic hydroxyl groups excluding tert-OH is 1. The van der Waals surface area contributed by atoms with Gasteiger partial charge in [-0.2, -0.15) is 0 Å². The summed E-state index contributed by atoms with van der Waals surface area (Å²) in [5.74, 6) is 0.228. The minimum Gasteiger partial charge on any atom is -0.387 e. The summed E-state index contributed by atoms with van der Waals surface area (Å²) in [6.07, 6.45) is -0.404. The molecule has 0 radical (unpaired) electrons. The number of rotatable bonds is 2. The standard InChI is InChI=1S/C8H10BrClOS/c1-4(2)7(11)6-3-5(9)8(10)12-6/h3-4,7,11H,1-2H3. The van der Waals surface area contributed by atoms with Crippen LogP contribution in [0.15, 0.2) is 10.5 Å². The molecule has 0 amide bonds. The summed E-state index contributed by atoms with van der Waals surface area (Å²) in [5, 5.41) is 9.67. The van der Waals surface area contributed by atoms with Crippen LogP contribution in [0.4, 0.5) is 0 Å². The van der Waals surface area contributed by atoms with Gasteiger partial charge in [0.2, 0.25) is 0 Å². The van der Waals surface area contributed by atoms with Crippen molar-refractivity contribution < 1.29 is 5.11 Å². The van der Waals surface area contributed by atoms with Crippen LogP contribution in [0.3, 0.4) is 0 Å². The van der Waals surface area contributed by atoms with Gasteiger partial charge in [0.25, 0.3) is 0 Å². The lowest BCUT2D eigenvalue weighted by Crippen LogP contribution is -2.02. The van der Waals surface area contributed by atoms with Crippen LogP contribution >= 0.6 is 38.9 Å². The average molecular weight is 270 g/mol. The molecule has 1 nitrogen and oxygen atoms in total. The monoisotopic (exact) mass is 268 g/mol. The molecular weight excluding hydrogens is 260 g/mol. The van der Waals surface area contributed by atoms with E-state index in [0.717, 1.165) is 9.35 Å². The van der Waals surface area contributed by atoms with Crippen LogP contribution in [0.2, 0.25) is 4.34 Å². The highest BCUT2D eigenvalue weighted by atomic mass is 79.9. The van der Waals surface area contributed by atoms with E-state index < -0.39 is 6.10 Å². The van der Waals surface area contributed by atoms with E-state index in [1.165, 1.54) is 11.3 Å². The lowest BCUT2D eigenvalue weighted by atomic mass is 10.1. The van der Waals surface area contributed by atoms with Crippen LogP contribution in [-0.4, -0.2) is 5.11 Å². The highest BCUT2D eigenvalue weighted by molar-refractivity contribution is 9.10. The van der Waals surface area contributed by atoms with Gasteiger partial charge in [-0.05, 0) is 27.9 Å². The molecule has 1 aromatic heterocycles. The van der Waals surface area contributed by atoms with Gasteiger partial charge in [-0.15, -0.1) is 11.3 Å². The van der Waals surface area contributed by atoms with Crippen LogP contribution in [0.1, 0.15) is 24.8 Å². The second kappa shape index (κ2) is 4.09. The van der Waals surface area contributed by atoms with Gasteiger partial charge in [-0.25, -0.2) is 0 Å². The molecule has 0 saturated carbocycles. The number of halogens is 2. The molecule has 1 N–H and O–H groups in total. The van der Waals surface area contributed by atoms with Crippen molar-refractivity contribution in [2.75, 3.05) is 0 Å². The van der Waals surface area contributed by atoms with Gasteiger partial charge in [0.15, 0.2) is 0 Å². The zero-order valence-corrected chi connectivity index (χ0v) is 10.0. The lowest BCUT2D eigenvalue weighted by molar-refractivity contribution is 0.130. The first-order chi connectivity index (χ1) is 5.52. The molecule has 4 heteroatoms. The van der Waals surface area contributed by atoms with Crippen LogP contribution in [0, 0.1) is 5.92 Å². The van der Waals surface area contributed by atoms with Gasteiger partial charge < -0.3 is 5.11 Å². The average Bonchev–Trinajstić information content (AvgIpc) is 2.30. The number of thiophene rings is 1. The molecule has 0 aliphatic heterocycles. The topological polar surface area (TPSA) is 20.2 Å². The van der Waals surface area contributed by atoms with Crippen LogP contribution in [0.25, 0.3) is 0 Å². The molecule has 0 spiro atoms. The summed E-state index contributed by atoms with van der Waals surface area (Å²) < 4.78 is 1.56. The molecule has 68 valence electrons. The third-order valence-electron chi connectivity index (χ3n) is 1.59. The Labute approximate surface area is 89.5 Å². The summed E-state index contributed by atoms with van der Waals surface area (Å²) in [6.45, 7) is 3.96. The predicted molar refractivity (Wildman–Crippen MR) is 56.8 cm³/mol. The van der Waals surface area contributed by atoms with Crippen molar-refractivity contribution in [3.8, 4) is 0 Å². The predicted octanol–water partition coefficient (Wildman–Crippen LogP) is 3.85. The molecule has 0 aliphatic rings. The quantitative estimate of drug-likeness (QED) is 0.864. The maximum atomic E-state index is 9.67. The second-order valence-corrected chi connectivity index (χ2v) is 5.50. The van der Waals surface area contributed by atoms with Crippen molar-refractivity contribution >= 4 is 38.9 Å². The summed E-state index contributed by atoms with van der Waals surface area (Å²) >= 11 is 10.6. The molecule has 0 aromatic carbocycles. The zero-order chi connectivity index (χ0) is 9.30. The molecule has 1 unspecified atom stereocenters. The van der Waals surface area contributed by atoms with E-state index in [1.807, 2.05) is 19.9 Å². The number of hydrogen-bond acceptors (Lipinski definition) is 2. The molecule has 1 aromatic rings. The number of hydrogen-bond donors (Lipinski definition) is 1. The Kier molecular flexibility index (Phi) is 3.58. The molecular formula is C8H10BrClOS. The lowest BCUT2D eigenvalue weighted by Gasteiger charge is -2.11. The highest BCUT2D eigenvalue weighted by Gasteiger charge is 2.15. The molecule has 1 heterocycles. The molecule has 0 aliphatic carbocycles. The Balaban J connectivity index is 2.89. The van der Waals surface area contributed by atoms with Crippen molar-refractivity contribution in [1.82, 2.24) is 0 Å². The van der Waals surface area contributed by atoms with E-state index in [0.29, 0.717) is 4.34 Å². The smallest absolute Gasteiger partial charge is 0.107 e. The maximum absolute atomic E-state index is 9.67. The first-order valence-electron chi connectivity index (χ1n) is 3.65. The minimum atomic E-state index is -0.404. The molecule has 0 fully saturated rings. The van der Waals surface area contributed by atoms with Crippen molar-refractivity contribution in [3.05, 3.63) is 19.8 Å². The van der Waals surface area contributed by atoms with Gasteiger partial charge in [-0.1, -0.05) is 25.4 Å². The normalized spacial score (nSPS) is 13.8. The first kappa shape index (κ1) is 10.5. The third-order valence-corrected chi connectivity index (χ3v) is 4.13. The molecule has 1 atom stereocenters. The number of aliphatic hydroxyl groups is 1. The van der Waals surface area contributed by atoms with Crippen molar-refractivity contribution in [3.63, 3.8) is 0 Å². The fourth-order valence-corrected chi connectivity index (χ4v) is 2.73. The summed E-state index contributed by atoms with van der Waals surface area (Å²) in [5.41, 5.74) is 0. The second-order valence-electron chi connectivity index (χ2n) is 2.96. The van der Waals surface area contributed by atoms with Crippen LogP contribution < -0.4 is 0 Å². The van der Waals surface area contributed by atoms with Gasteiger partial charge >= 0.3 is 0 Å². The van der Waals surface area contributed by atoms with Crippen molar-refractivity contribution in [1.29, 1.82) is 0 Å². The Morgan fingerprint density at radius 1 is 1.58 bits per heavy atom. The minimum absolute atomic E-state index is 0.228. The van der Waals surface area contributed by atoms with E-state index in [2.05, 4.69) is 15.9 Å². The molecule has 1 rings (SSSR count). The zero-order valence-electron chi connectivity index (χ0n) is 6.84. The fraction of sp³-hybridized carbons (Fsp3) is 0.500. The fourth-order valence-electron chi connectivity index (χ4n) is 0.838. The van der Waals surface area contributed by atoms with Crippen LogP contribution in [0.5, 0.6) is 0 Å². The largest absolute Gasteiger partial charge is 0.387 e. The van der Waals surface area contributed by atoms with Gasteiger partial charge in [0.1, 0.15) is 4.34 Å². The Morgan fingerprint density at radius 2 is 2.17 bits per heavy atom. The van der Waals surface area contributed by atoms with Gasteiger partial charge in [0.05, 0.1) is 6.10 Å². The Hall–Kier alpha value is 0.430. The third kappa shape index (κ3) is 2.22. The van der Waals surface area contributed by atoms with E-state index in [-0.39, 0.29) is 5.92 Å². The van der Waals surface area contributed by atoms with E-state index in [4.69, 9.17) is 11.6 Å². The first-order valence-corrected chi connectivity index (χ1v) is 5.64. The van der Waals surface area contributed by atoms with Crippen molar-refractivity contribution in [2.24, 2.45) is 5.92 Å². The van der Waals surface area contributed by atoms with E-state index >= 15 is 0 Å². The summed E-state index contributed by atoms with van der Waals surface area (Å²) in [7, 11) is 0.